The normalized spacial score (nSPS) is 15.8. The second-order valence-corrected chi connectivity index (χ2v) is 5.19. The molecule has 0 unspecified atom stereocenters. The molecule has 5 heteroatoms. The number of carbonyl (C=O) groups is 1. The largest absolute Gasteiger partial charge is 0.508 e. The molecule has 0 aliphatic heterocycles. The van der Waals surface area contributed by atoms with E-state index >= 15 is 0 Å². The highest BCUT2D eigenvalue weighted by Gasteiger charge is 2.41. The van der Waals surface area contributed by atoms with E-state index in [4.69, 9.17) is 5.11 Å². The van der Waals surface area contributed by atoms with Gasteiger partial charge in [-0.05, 0) is 37.0 Å². The van der Waals surface area contributed by atoms with Gasteiger partial charge in [0.1, 0.15) is 5.75 Å². The highest BCUT2D eigenvalue weighted by atomic mass is 16.3. The highest BCUT2D eigenvalue weighted by molar-refractivity contribution is 5.73. The van der Waals surface area contributed by atoms with Crippen molar-refractivity contribution in [3.8, 4) is 5.75 Å². The van der Waals surface area contributed by atoms with Crippen LogP contribution in [0.3, 0.4) is 0 Å². The van der Waals surface area contributed by atoms with Gasteiger partial charge in [0.25, 0.3) is 0 Å². The van der Waals surface area contributed by atoms with Gasteiger partial charge in [0.15, 0.2) is 0 Å². The quantitative estimate of drug-likeness (QED) is 0.619. The van der Waals surface area contributed by atoms with Crippen LogP contribution in [-0.4, -0.2) is 35.9 Å². The zero-order valence-corrected chi connectivity index (χ0v) is 10.9. The molecule has 0 heterocycles. The summed E-state index contributed by atoms with van der Waals surface area (Å²) in [4.78, 5) is 11.5. The lowest BCUT2D eigenvalue weighted by molar-refractivity contribution is 0.203. The molecule has 4 N–H and O–H groups in total. The number of urea groups is 1. The Morgan fingerprint density at radius 3 is 2.74 bits per heavy atom. The van der Waals surface area contributed by atoms with Crippen molar-refractivity contribution in [1.82, 2.24) is 10.6 Å². The van der Waals surface area contributed by atoms with Crippen molar-refractivity contribution in [3.05, 3.63) is 29.8 Å². The molecular formula is C14H20N2O3. The predicted molar refractivity (Wildman–Crippen MR) is 72.0 cm³/mol. The molecule has 1 aromatic carbocycles. The Morgan fingerprint density at radius 1 is 1.32 bits per heavy atom. The van der Waals surface area contributed by atoms with E-state index < -0.39 is 0 Å². The molecule has 0 aromatic heterocycles. The minimum Gasteiger partial charge on any atom is -0.508 e. The SMILES string of the molecule is O=C(NCCc1cccc(O)c1)NCC1(CO)CC1. The lowest BCUT2D eigenvalue weighted by atomic mass is 10.1. The number of aliphatic hydroxyl groups excluding tert-OH is 1. The summed E-state index contributed by atoms with van der Waals surface area (Å²) < 4.78 is 0. The minimum absolute atomic E-state index is 0.0669. The predicted octanol–water partition coefficient (Wildman–Crippen LogP) is 1.01. The molecule has 0 atom stereocenters. The zero-order valence-electron chi connectivity index (χ0n) is 10.9. The maximum Gasteiger partial charge on any atom is 0.314 e. The Morgan fingerprint density at radius 2 is 2.11 bits per heavy atom. The van der Waals surface area contributed by atoms with Crippen molar-refractivity contribution in [2.24, 2.45) is 5.41 Å². The van der Waals surface area contributed by atoms with E-state index in [1.165, 1.54) is 0 Å². The van der Waals surface area contributed by atoms with Gasteiger partial charge in [0, 0.05) is 18.5 Å². The summed E-state index contributed by atoms with van der Waals surface area (Å²) >= 11 is 0. The molecule has 1 aliphatic carbocycles. The van der Waals surface area contributed by atoms with Crippen LogP contribution in [0, 0.1) is 5.41 Å². The Labute approximate surface area is 112 Å². The summed E-state index contributed by atoms with van der Waals surface area (Å²) in [5.74, 6) is 0.237. The van der Waals surface area contributed by atoms with E-state index in [0.29, 0.717) is 19.5 Å². The van der Waals surface area contributed by atoms with Crippen LogP contribution in [0.4, 0.5) is 4.79 Å². The smallest absolute Gasteiger partial charge is 0.314 e. The van der Waals surface area contributed by atoms with E-state index in [2.05, 4.69) is 10.6 Å². The number of hydrogen-bond acceptors (Lipinski definition) is 3. The van der Waals surface area contributed by atoms with Crippen LogP contribution in [0.2, 0.25) is 0 Å². The molecular weight excluding hydrogens is 244 g/mol. The Balaban J connectivity index is 1.64. The average Bonchev–Trinajstić information content (AvgIpc) is 3.17. The van der Waals surface area contributed by atoms with Crippen LogP contribution in [0.5, 0.6) is 5.75 Å². The molecule has 2 amide bonds. The second-order valence-electron chi connectivity index (χ2n) is 5.19. The van der Waals surface area contributed by atoms with Gasteiger partial charge in [-0.1, -0.05) is 12.1 Å². The Kier molecular flexibility index (Phi) is 4.27. The first-order valence-electron chi connectivity index (χ1n) is 6.54. The second kappa shape index (κ2) is 5.93. The van der Waals surface area contributed by atoms with Crippen molar-refractivity contribution in [2.75, 3.05) is 19.7 Å². The summed E-state index contributed by atoms with van der Waals surface area (Å²) in [5, 5.41) is 24.0. The van der Waals surface area contributed by atoms with Gasteiger partial charge in [-0.25, -0.2) is 4.79 Å². The minimum atomic E-state index is -0.208. The van der Waals surface area contributed by atoms with E-state index in [-0.39, 0.29) is 23.8 Å². The summed E-state index contributed by atoms with van der Waals surface area (Å²) in [5.41, 5.74) is 0.914. The van der Waals surface area contributed by atoms with Crippen molar-refractivity contribution in [2.45, 2.75) is 19.3 Å². The molecule has 1 fully saturated rings. The molecule has 1 aliphatic rings. The van der Waals surface area contributed by atoms with Crippen LogP contribution in [0.1, 0.15) is 18.4 Å². The number of rotatable bonds is 6. The summed E-state index contributed by atoms with van der Waals surface area (Å²) in [6.45, 7) is 1.18. The van der Waals surface area contributed by atoms with Crippen LogP contribution in [0.15, 0.2) is 24.3 Å². The third-order valence-corrected chi connectivity index (χ3v) is 3.53. The summed E-state index contributed by atoms with van der Waals surface area (Å²) in [7, 11) is 0. The molecule has 2 rings (SSSR count). The number of hydrogen-bond donors (Lipinski definition) is 4. The maximum absolute atomic E-state index is 11.5. The number of aliphatic hydroxyl groups is 1. The first-order valence-corrected chi connectivity index (χ1v) is 6.54. The monoisotopic (exact) mass is 264 g/mol. The third kappa shape index (κ3) is 4.13. The number of phenolic OH excluding ortho intramolecular Hbond substituents is 1. The lowest BCUT2D eigenvalue weighted by Gasteiger charge is -2.13. The maximum atomic E-state index is 11.5. The van der Waals surface area contributed by atoms with E-state index in [1.54, 1.807) is 18.2 Å². The molecule has 1 aromatic rings. The number of nitrogens with one attached hydrogen (secondary N) is 2. The van der Waals surface area contributed by atoms with Gasteiger partial charge in [0.2, 0.25) is 0 Å². The number of carbonyl (C=O) groups excluding carboxylic acids is 1. The van der Waals surface area contributed by atoms with E-state index in [1.807, 2.05) is 6.07 Å². The lowest BCUT2D eigenvalue weighted by Crippen LogP contribution is -2.40. The molecule has 19 heavy (non-hydrogen) atoms. The first kappa shape index (κ1) is 13.7. The van der Waals surface area contributed by atoms with Crippen LogP contribution in [0.25, 0.3) is 0 Å². The fraction of sp³-hybridized carbons (Fsp3) is 0.500. The van der Waals surface area contributed by atoms with Gasteiger partial charge in [-0.3, -0.25) is 0 Å². The van der Waals surface area contributed by atoms with Crippen molar-refractivity contribution in [1.29, 1.82) is 0 Å². The highest BCUT2D eigenvalue weighted by Crippen LogP contribution is 2.44. The fourth-order valence-corrected chi connectivity index (χ4v) is 1.93. The molecule has 0 radical (unpaired) electrons. The van der Waals surface area contributed by atoms with Crippen molar-refractivity contribution in [3.63, 3.8) is 0 Å². The van der Waals surface area contributed by atoms with Gasteiger partial charge in [-0.2, -0.15) is 0 Å². The Bertz CT molecular complexity index is 444. The first-order chi connectivity index (χ1) is 9.13. The standard InChI is InChI=1S/C14H20N2O3/c17-10-14(5-6-14)9-16-13(19)15-7-4-11-2-1-3-12(18)8-11/h1-3,8,17-18H,4-7,9-10H2,(H2,15,16,19). The number of amides is 2. The van der Waals surface area contributed by atoms with Gasteiger partial charge < -0.3 is 20.8 Å². The van der Waals surface area contributed by atoms with E-state index in [0.717, 1.165) is 18.4 Å². The average molecular weight is 264 g/mol. The van der Waals surface area contributed by atoms with Crippen LogP contribution < -0.4 is 10.6 Å². The Hall–Kier alpha value is -1.75. The van der Waals surface area contributed by atoms with Crippen LogP contribution >= 0.6 is 0 Å². The molecule has 1 saturated carbocycles. The van der Waals surface area contributed by atoms with Crippen LogP contribution in [-0.2, 0) is 6.42 Å². The van der Waals surface area contributed by atoms with E-state index in [9.17, 15) is 9.90 Å². The molecule has 5 nitrogen and oxygen atoms in total. The van der Waals surface area contributed by atoms with Crippen molar-refractivity contribution >= 4 is 6.03 Å². The summed E-state index contributed by atoms with van der Waals surface area (Å²) in [6.07, 6.45) is 2.63. The summed E-state index contributed by atoms with van der Waals surface area (Å²) in [6, 6.07) is 6.78. The topological polar surface area (TPSA) is 81.6 Å². The zero-order chi connectivity index (χ0) is 13.7. The van der Waals surface area contributed by atoms with Crippen molar-refractivity contribution < 1.29 is 15.0 Å². The molecule has 0 bridgehead atoms. The fourth-order valence-electron chi connectivity index (χ4n) is 1.93. The van der Waals surface area contributed by atoms with Gasteiger partial charge in [-0.15, -0.1) is 0 Å². The third-order valence-electron chi connectivity index (χ3n) is 3.53. The molecule has 0 saturated heterocycles. The van der Waals surface area contributed by atoms with Gasteiger partial charge >= 0.3 is 6.03 Å². The molecule has 0 spiro atoms. The number of phenols is 1. The molecule has 104 valence electrons. The number of aromatic hydroxyl groups is 1. The number of benzene rings is 1. The van der Waals surface area contributed by atoms with Gasteiger partial charge in [0.05, 0.1) is 6.61 Å².